The maximum atomic E-state index is 11.7. The number of benzene rings is 2. The van der Waals surface area contributed by atoms with Gasteiger partial charge in [-0.2, -0.15) is 0 Å². The third-order valence-electron chi connectivity index (χ3n) is 11.9. The second-order valence-electron chi connectivity index (χ2n) is 16.3. The number of methoxy groups -OCH3 is 1. The van der Waals surface area contributed by atoms with Crippen LogP contribution in [-0.4, -0.2) is 236 Å². The monoisotopic (exact) mass is 951 g/mol. The minimum absolute atomic E-state index is 0.00458. The molecule has 5 aliphatic rings. The number of phenolic OH excluding ortho intramolecular Hbond substituents is 3. The van der Waals surface area contributed by atoms with Crippen molar-refractivity contribution in [3.8, 4) is 34.5 Å². The molecule has 26 nitrogen and oxygen atoms in total. The summed E-state index contributed by atoms with van der Waals surface area (Å²) in [5, 5.41) is 169. The van der Waals surface area contributed by atoms with Crippen LogP contribution in [0.15, 0.2) is 30.0 Å². The van der Waals surface area contributed by atoms with Gasteiger partial charge in [0.1, 0.15) is 103 Å². The quantitative estimate of drug-likeness (QED) is 0.0831. The number of fused-ring (bicyclic) bond motifs is 1. The molecule has 26 heteroatoms. The van der Waals surface area contributed by atoms with Crippen molar-refractivity contribution in [2.45, 2.75) is 136 Å². The molecule has 0 spiro atoms. The molecule has 5 heterocycles. The Labute approximate surface area is 373 Å². The molecule has 66 heavy (non-hydrogen) atoms. The van der Waals surface area contributed by atoms with Gasteiger partial charge in [0.2, 0.25) is 18.3 Å². The van der Waals surface area contributed by atoms with E-state index in [9.17, 15) is 81.7 Å². The molecule has 0 amide bonds. The van der Waals surface area contributed by atoms with Gasteiger partial charge >= 0.3 is 0 Å². The predicted molar refractivity (Wildman–Crippen MR) is 210 cm³/mol. The molecule has 0 saturated carbocycles. The SMILES string of the molecule is COc1cc(C2[OH+]c3cc(O)cc(O)c3C=C2OC2OC(COC3OC(C)C(O)C(O)C3O)C(O)C(O)C2OC2OC(CO)C(O)C(O)C2O)cc(OC2OC(CO)C(O)C(O)C2O)c1O. The van der Waals surface area contributed by atoms with E-state index in [0.717, 1.165) is 12.1 Å². The van der Waals surface area contributed by atoms with Gasteiger partial charge in [0.25, 0.3) is 11.9 Å². The van der Waals surface area contributed by atoms with E-state index in [1.54, 1.807) is 0 Å². The zero-order valence-electron chi connectivity index (χ0n) is 34.9. The Hall–Kier alpha value is -3.98. The molecule has 2 aromatic rings. The zero-order chi connectivity index (χ0) is 48.0. The number of rotatable bonds is 13. The molecule has 370 valence electrons. The molecule has 0 aromatic heterocycles. The van der Waals surface area contributed by atoms with Gasteiger partial charge in [-0.3, -0.25) is 0 Å². The van der Waals surface area contributed by atoms with Gasteiger partial charge in [-0.05, 0) is 19.1 Å². The van der Waals surface area contributed by atoms with Crippen molar-refractivity contribution >= 4 is 6.08 Å². The van der Waals surface area contributed by atoms with Gasteiger partial charge in [-0.15, -0.1) is 0 Å². The lowest BCUT2D eigenvalue weighted by atomic mass is 9.96. The van der Waals surface area contributed by atoms with E-state index in [1.807, 2.05) is 0 Å². The number of aliphatic hydroxyl groups excluding tert-OH is 13. The van der Waals surface area contributed by atoms with Gasteiger partial charge in [0.15, 0.2) is 35.9 Å². The summed E-state index contributed by atoms with van der Waals surface area (Å²) in [4.78, 5) is 0. The summed E-state index contributed by atoms with van der Waals surface area (Å²) in [6.07, 6.45) is -35.5. The highest BCUT2D eigenvalue weighted by atomic mass is 16.8. The van der Waals surface area contributed by atoms with E-state index in [-0.39, 0.29) is 28.4 Å². The first kappa shape index (κ1) is 49.9. The maximum Gasteiger partial charge on any atom is 0.270 e. The average Bonchev–Trinajstić information content (AvgIpc) is 3.29. The third kappa shape index (κ3) is 9.67. The lowest BCUT2D eigenvalue weighted by molar-refractivity contribution is -0.369. The van der Waals surface area contributed by atoms with Gasteiger partial charge in [0.05, 0.1) is 44.7 Å². The highest BCUT2D eigenvalue weighted by molar-refractivity contribution is 5.69. The minimum atomic E-state index is -2.09. The molecule has 4 fully saturated rings. The topological polar surface area (TPSA) is 420 Å². The van der Waals surface area contributed by atoms with Crippen molar-refractivity contribution in [2.75, 3.05) is 26.9 Å². The van der Waals surface area contributed by atoms with Crippen LogP contribution in [0.25, 0.3) is 6.08 Å². The number of hydrogen-bond acceptors (Lipinski definition) is 25. The molecular weight excluding hydrogens is 896 g/mol. The Balaban J connectivity index is 1.26. The van der Waals surface area contributed by atoms with Gasteiger partial charge < -0.3 is 129 Å². The fraction of sp³-hybridized carbons (Fsp3) is 0.650. The van der Waals surface area contributed by atoms with Crippen LogP contribution >= 0.6 is 0 Å². The van der Waals surface area contributed by atoms with Crippen LogP contribution in [0.1, 0.15) is 24.2 Å². The number of phenols is 3. The Bertz CT molecular complexity index is 2000. The smallest absolute Gasteiger partial charge is 0.270 e. The average molecular weight is 952 g/mol. The van der Waals surface area contributed by atoms with Crippen molar-refractivity contribution in [2.24, 2.45) is 0 Å². The second-order valence-corrected chi connectivity index (χ2v) is 16.3. The lowest BCUT2D eigenvalue weighted by Gasteiger charge is -2.46. The van der Waals surface area contributed by atoms with E-state index in [1.165, 1.54) is 32.2 Å². The van der Waals surface area contributed by atoms with Crippen LogP contribution in [0.3, 0.4) is 0 Å². The standard InChI is InChI=1S/C40H54O26/c1-11-23(45)28(50)32(54)37(59-11)58-10-22-27(49)31(53)36(66-39-34(56)30(52)26(48)21(9-42)64-39)40(65-22)62-19-7-14-15(44)5-13(43)6-16(14)60-35(19)12-3-17(57-2)24(46)18(4-12)61-38-33(55)29(51)25(47)20(8-41)63-38/h3-7,11,20-23,25-56H,8-10H2,1-2H3/p+1. The molecule has 0 radical (unpaired) electrons. The van der Waals surface area contributed by atoms with Crippen LogP contribution in [0.5, 0.6) is 34.5 Å². The van der Waals surface area contributed by atoms with E-state index in [4.69, 9.17) is 42.6 Å². The van der Waals surface area contributed by atoms with Gasteiger partial charge in [-0.25, -0.2) is 0 Å². The first-order valence-corrected chi connectivity index (χ1v) is 20.6. The second kappa shape index (κ2) is 20.3. The molecule has 5 aliphatic heterocycles. The fourth-order valence-corrected chi connectivity index (χ4v) is 8.01. The Morgan fingerprint density at radius 2 is 1.14 bits per heavy atom. The summed E-state index contributed by atoms with van der Waals surface area (Å²) >= 11 is 0. The van der Waals surface area contributed by atoms with E-state index in [2.05, 4.69) is 4.74 Å². The highest BCUT2D eigenvalue weighted by Gasteiger charge is 2.53. The van der Waals surface area contributed by atoms with Crippen LogP contribution in [0.2, 0.25) is 0 Å². The largest absolute Gasteiger partial charge is 0.571 e. The van der Waals surface area contributed by atoms with Gasteiger partial charge in [-0.1, -0.05) is 0 Å². The van der Waals surface area contributed by atoms with E-state index in [0.29, 0.717) is 0 Å². The van der Waals surface area contributed by atoms with Crippen LogP contribution in [0.4, 0.5) is 0 Å². The van der Waals surface area contributed by atoms with Crippen LogP contribution in [-0.2, 0) is 33.2 Å². The highest BCUT2D eigenvalue weighted by Crippen LogP contribution is 2.49. The lowest BCUT2D eigenvalue weighted by Crippen LogP contribution is -2.65. The Morgan fingerprint density at radius 3 is 1.77 bits per heavy atom. The van der Waals surface area contributed by atoms with E-state index < -0.39 is 172 Å². The summed E-state index contributed by atoms with van der Waals surface area (Å²) in [5.41, 5.74) is -0.0477. The first-order valence-electron chi connectivity index (χ1n) is 20.6. The normalized spacial score (nSPS) is 41.6. The number of aliphatic hydroxyl groups is 14. The molecule has 21 unspecified atom stereocenters. The molecule has 2 aromatic carbocycles. The molecule has 4 saturated heterocycles. The first-order chi connectivity index (χ1) is 31.3. The van der Waals surface area contributed by atoms with Crippen LogP contribution < -0.4 is 9.47 Å². The predicted octanol–water partition coefficient (Wildman–Crippen LogP) is -6.18. The molecule has 7 rings (SSSR count). The summed E-state index contributed by atoms with van der Waals surface area (Å²) in [7, 11) is 1.17. The fourth-order valence-electron chi connectivity index (χ4n) is 8.01. The van der Waals surface area contributed by atoms with Crippen molar-refractivity contribution in [1.82, 2.24) is 0 Å². The zero-order valence-corrected chi connectivity index (χ0v) is 34.9. The molecule has 0 bridgehead atoms. The summed E-state index contributed by atoms with van der Waals surface area (Å²) in [5.74, 6) is -2.74. The molecular formula is C40H55O26+. The summed E-state index contributed by atoms with van der Waals surface area (Å²) in [6, 6.07) is 4.55. The number of ether oxygens (including phenoxy) is 10. The molecule has 17 N–H and O–H groups in total. The van der Waals surface area contributed by atoms with Gasteiger partial charge in [0, 0.05) is 12.1 Å². The van der Waals surface area contributed by atoms with Crippen molar-refractivity contribution < 1.29 is 129 Å². The van der Waals surface area contributed by atoms with Crippen molar-refractivity contribution in [3.05, 3.63) is 41.2 Å². The third-order valence-corrected chi connectivity index (χ3v) is 11.9. The summed E-state index contributed by atoms with van der Waals surface area (Å²) in [6.45, 7) is -1.01. The molecule has 21 atom stereocenters. The summed E-state index contributed by atoms with van der Waals surface area (Å²) < 4.78 is 56.3. The Morgan fingerprint density at radius 1 is 0.576 bits per heavy atom. The molecule has 0 aliphatic carbocycles. The van der Waals surface area contributed by atoms with Crippen LogP contribution in [0, 0.1) is 0 Å². The van der Waals surface area contributed by atoms with Crippen molar-refractivity contribution in [3.63, 3.8) is 0 Å². The Kier molecular flexibility index (Phi) is 15.4. The van der Waals surface area contributed by atoms with Crippen molar-refractivity contribution in [1.29, 1.82) is 0 Å². The minimum Gasteiger partial charge on any atom is -0.571 e. The number of hydrogen-bond donors (Lipinski definition) is 16. The van der Waals surface area contributed by atoms with E-state index >= 15 is 0 Å². The number of aromatic hydroxyl groups is 4. The maximum absolute atomic E-state index is 11.7.